The zero-order valence-corrected chi connectivity index (χ0v) is 18.9. The van der Waals surface area contributed by atoms with Crippen molar-refractivity contribution in [3.05, 3.63) is 35.9 Å². The van der Waals surface area contributed by atoms with Gasteiger partial charge < -0.3 is 10.6 Å². The zero-order valence-electron chi connectivity index (χ0n) is 16.6. The summed E-state index contributed by atoms with van der Waals surface area (Å²) < 4.78 is 0. The quantitative estimate of drug-likeness (QED) is 0.346. The molecule has 2 N–H and O–H groups in total. The lowest BCUT2D eigenvalue weighted by molar-refractivity contribution is 0.130. The number of aliphatic imine (C=N–C) groups is 1. The first-order valence-electron chi connectivity index (χ1n) is 9.74. The lowest BCUT2D eigenvalue weighted by Gasteiger charge is -2.34. The van der Waals surface area contributed by atoms with Gasteiger partial charge in [0.2, 0.25) is 0 Å². The van der Waals surface area contributed by atoms with Crippen molar-refractivity contribution in [2.45, 2.75) is 39.8 Å². The van der Waals surface area contributed by atoms with Gasteiger partial charge in [0.15, 0.2) is 5.96 Å². The Labute approximate surface area is 176 Å². The van der Waals surface area contributed by atoms with E-state index in [2.05, 4.69) is 71.5 Å². The Morgan fingerprint density at radius 2 is 1.73 bits per heavy atom. The summed E-state index contributed by atoms with van der Waals surface area (Å²) >= 11 is 0. The van der Waals surface area contributed by atoms with Gasteiger partial charge in [0.25, 0.3) is 0 Å². The molecule has 26 heavy (non-hydrogen) atoms. The van der Waals surface area contributed by atoms with Crippen molar-refractivity contribution < 1.29 is 0 Å². The van der Waals surface area contributed by atoms with E-state index in [0.29, 0.717) is 6.04 Å². The number of hydrogen-bond acceptors (Lipinski definition) is 3. The van der Waals surface area contributed by atoms with Crippen molar-refractivity contribution in [2.24, 2.45) is 4.99 Å². The number of nitrogens with one attached hydrogen (secondary N) is 2. The molecule has 1 fully saturated rings. The average Bonchev–Trinajstić information content (AvgIpc) is 2.64. The molecule has 1 aromatic carbocycles. The normalized spacial score (nSPS) is 17.4. The molecule has 148 valence electrons. The summed E-state index contributed by atoms with van der Waals surface area (Å²) in [5.41, 5.74) is 1.41. The highest BCUT2D eigenvalue weighted by atomic mass is 127. The smallest absolute Gasteiger partial charge is 0.191 e. The van der Waals surface area contributed by atoms with E-state index < -0.39 is 0 Å². The Morgan fingerprint density at radius 3 is 2.35 bits per heavy atom. The second-order valence-corrected chi connectivity index (χ2v) is 6.82. The molecule has 1 aliphatic rings. The summed E-state index contributed by atoms with van der Waals surface area (Å²) in [6.07, 6.45) is 1.10. The largest absolute Gasteiger partial charge is 0.357 e. The fourth-order valence-corrected chi connectivity index (χ4v) is 2.97. The van der Waals surface area contributed by atoms with Gasteiger partial charge >= 0.3 is 0 Å². The van der Waals surface area contributed by atoms with E-state index in [4.69, 9.17) is 4.99 Å². The van der Waals surface area contributed by atoms with Crippen LogP contribution in [0.3, 0.4) is 0 Å². The van der Waals surface area contributed by atoms with E-state index in [-0.39, 0.29) is 24.0 Å². The first-order chi connectivity index (χ1) is 12.2. The van der Waals surface area contributed by atoms with E-state index in [0.717, 1.165) is 64.7 Å². The molecule has 1 saturated heterocycles. The summed E-state index contributed by atoms with van der Waals surface area (Å²) in [5, 5.41) is 6.78. The SMILES string of the molecule is CCNC(=NCCN1CCN(Cc2ccccc2)CC1)NC(C)CC.I. The molecule has 0 amide bonds. The number of hydrogen-bond donors (Lipinski definition) is 2. The van der Waals surface area contributed by atoms with Gasteiger partial charge in [0, 0.05) is 51.9 Å². The van der Waals surface area contributed by atoms with Crippen LogP contribution in [0.15, 0.2) is 35.3 Å². The highest BCUT2D eigenvalue weighted by molar-refractivity contribution is 14.0. The lowest BCUT2D eigenvalue weighted by atomic mass is 10.2. The van der Waals surface area contributed by atoms with Crippen LogP contribution in [-0.2, 0) is 6.54 Å². The van der Waals surface area contributed by atoms with Gasteiger partial charge in [-0.1, -0.05) is 37.3 Å². The monoisotopic (exact) mass is 473 g/mol. The van der Waals surface area contributed by atoms with Crippen LogP contribution in [0.2, 0.25) is 0 Å². The molecule has 0 spiro atoms. The molecule has 0 radical (unpaired) electrons. The molecule has 0 bridgehead atoms. The van der Waals surface area contributed by atoms with Gasteiger partial charge in [-0.05, 0) is 25.8 Å². The topological polar surface area (TPSA) is 42.9 Å². The predicted molar refractivity (Wildman–Crippen MR) is 122 cm³/mol. The van der Waals surface area contributed by atoms with Gasteiger partial charge in [0.05, 0.1) is 6.54 Å². The van der Waals surface area contributed by atoms with Gasteiger partial charge in [-0.25, -0.2) is 0 Å². The number of piperazine rings is 1. The van der Waals surface area contributed by atoms with Gasteiger partial charge in [0.1, 0.15) is 0 Å². The molecule has 0 aromatic heterocycles. The van der Waals surface area contributed by atoms with Gasteiger partial charge in [-0.15, -0.1) is 24.0 Å². The fourth-order valence-electron chi connectivity index (χ4n) is 2.97. The van der Waals surface area contributed by atoms with E-state index in [1.807, 2.05) is 0 Å². The minimum Gasteiger partial charge on any atom is -0.357 e. The standard InChI is InChI=1S/C20H35N5.HI/c1-4-18(3)23-20(21-5-2)22-11-12-24-13-15-25(16-14-24)17-19-9-7-6-8-10-19;/h6-10,18H,4-5,11-17H2,1-3H3,(H2,21,22,23);1H. The van der Waals surface area contributed by atoms with E-state index in [9.17, 15) is 0 Å². The second-order valence-electron chi connectivity index (χ2n) is 6.82. The maximum absolute atomic E-state index is 4.72. The minimum absolute atomic E-state index is 0. The van der Waals surface area contributed by atoms with E-state index in [1.54, 1.807) is 0 Å². The third-order valence-electron chi connectivity index (χ3n) is 4.74. The second kappa shape index (κ2) is 13.3. The molecule has 1 aromatic rings. The molecule has 1 atom stereocenters. The van der Waals surface area contributed by atoms with Gasteiger partial charge in [-0.3, -0.25) is 14.8 Å². The van der Waals surface area contributed by atoms with Gasteiger partial charge in [-0.2, -0.15) is 0 Å². The van der Waals surface area contributed by atoms with Crippen LogP contribution in [0.1, 0.15) is 32.8 Å². The summed E-state index contributed by atoms with van der Waals surface area (Å²) in [5.74, 6) is 0.944. The summed E-state index contributed by atoms with van der Waals surface area (Å²) in [4.78, 5) is 9.79. The molecular weight excluding hydrogens is 437 g/mol. The molecule has 1 aliphatic heterocycles. The number of halogens is 1. The van der Waals surface area contributed by atoms with Crippen molar-refractivity contribution in [3.8, 4) is 0 Å². The Kier molecular flexibility index (Phi) is 11.9. The number of rotatable bonds is 8. The Morgan fingerprint density at radius 1 is 1.08 bits per heavy atom. The van der Waals surface area contributed by atoms with E-state index in [1.165, 1.54) is 5.56 Å². The maximum atomic E-state index is 4.72. The molecule has 1 unspecified atom stereocenters. The van der Waals surface area contributed by atoms with Crippen LogP contribution in [0.5, 0.6) is 0 Å². The third-order valence-corrected chi connectivity index (χ3v) is 4.74. The zero-order chi connectivity index (χ0) is 17.9. The van der Waals surface area contributed by atoms with E-state index >= 15 is 0 Å². The molecule has 5 nitrogen and oxygen atoms in total. The van der Waals surface area contributed by atoms with Crippen LogP contribution in [0, 0.1) is 0 Å². The van der Waals surface area contributed by atoms with Crippen molar-refractivity contribution >= 4 is 29.9 Å². The van der Waals surface area contributed by atoms with Crippen LogP contribution >= 0.6 is 24.0 Å². The van der Waals surface area contributed by atoms with Crippen molar-refractivity contribution in [1.29, 1.82) is 0 Å². The summed E-state index contributed by atoms with van der Waals surface area (Å²) in [6, 6.07) is 11.2. The highest BCUT2D eigenvalue weighted by Gasteiger charge is 2.16. The molecule has 2 rings (SSSR count). The van der Waals surface area contributed by atoms with Crippen molar-refractivity contribution in [2.75, 3.05) is 45.8 Å². The third kappa shape index (κ3) is 8.68. The predicted octanol–water partition coefficient (Wildman–Crippen LogP) is 2.78. The number of benzene rings is 1. The molecule has 6 heteroatoms. The van der Waals surface area contributed by atoms with Crippen LogP contribution in [0.25, 0.3) is 0 Å². The summed E-state index contributed by atoms with van der Waals surface area (Å²) in [7, 11) is 0. The van der Waals surface area contributed by atoms with Crippen LogP contribution in [-0.4, -0.2) is 67.6 Å². The average molecular weight is 473 g/mol. The Bertz CT molecular complexity index is 500. The first kappa shape index (κ1) is 23.2. The highest BCUT2D eigenvalue weighted by Crippen LogP contribution is 2.08. The fraction of sp³-hybridized carbons (Fsp3) is 0.650. The number of guanidine groups is 1. The summed E-state index contributed by atoms with van der Waals surface area (Å²) in [6.45, 7) is 14.9. The first-order valence-corrected chi connectivity index (χ1v) is 9.74. The van der Waals surface area contributed by atoms with Crippen molar-refractivity contribution in [1.82, 2.24) is 20.4 Å². The van der Waals surface area contributed by atoms with Crippen LogP contribution < -0.4 is 10.6 Å². The van der Waals surface area contributed by atoms with Crippen molar-refractivity contribution in [3.63, 3.8) is 0 Å². The molecule has 0 aliphatic carbocycles. The molecular formula is C20H36IN5. The Hall–Kier alpha value is -0.860. The minimum atomic E-state index is 0. The molecule has 1 heterocycles. The number of nitrogens with zero attached hydrogens (tertiary/aromatic N) is 3. The lowest BCUT2D eigenvalue weighted by Crippen LogP contribution is -2.47. The molecule has 0 saturated carbocycles. The van der Waals surface area contributed by atoms with Crippen LogP contribution in [0.4, 0.5) is 0 Å². The Balaban J connectivity index is 0.00000338. The maximum Gasteiger partial charge on any atom is 0.191 e.